The minimum absolute atomic E-state index is 0.00684. The zero-order valence-electron chi connectivity index (χ0n) is 11.5. The number of benzene rings is 1. The van der Waals surface area contributed by atoms with E-state index in [1.165, 1.54) is 0 Å². The second-order valence-electron chi connectivity index (χ2n) is 4.93. The Hall–Kier alpha value is -2.34. The van der Waals surface area contributed by atoms with Gasteiger partial charge in [0.25, 0.3) is 0 Å². The number of aromatic amines is 2. The average molecular weight is 301 g/mol. The molecule has 0 radical (unpaired) electrons. The Bertz CT molecular complexity index is 817. The highest BCUT2D eigenvalue weighted by molar-refractivity contribution is 7.10. The summed E-state index contributed by atoms with van der Waals surface area (Å²) in [5.74, 6) is -0.00684. The lowest BCUT2D eigenvalue weighted by Gasteiger charge is -2.14. The standard InChI is InChI=1S/C15H15N3O2S/c1-9(16-14(19)8-11-3-2-6-21-11)10-4-5-12-13(7-10)18-15(20)17-12/h2-7,9H,8H2,1H3,(H,16,19)(H2,17,18,20)/t9-/m1/s1. The molecule has 6 heteroatoms. The number of hydrogen-bond donors (Lipinski definition) is 3. The van der Waals surface area contributed by atoms with Crippen LogP contribution in [0.15, 0.2) is 40.5 Å². The first-order chi connectivity index (χ1) is 10.1. The molecule has 1 aromatic carbocycles. The van der Waals surface area contributed by atoms with Gasteiger partial charge in [-0.2, -0.15) is 0 Å². The van der Waals surface area contributed by atoms with Crippen LogP contribution < -0.4 is 11.0 Å². The van der Waals surface area contributed by atoms with Gasteiger partial charge in [0, 0.05) is 4.88 Å². The van der Waals surface area contributed by atoms with Crippen molar-refractivity contribution in [3.63, 3.8) is 0 Å². The van der Waals surface area contributed by atoms with Crippen molar-refractivity contribution < 1.29 is 4.79 Å². The van der Waals surface area contributed by atoms with Crippen LogP contribution >= 0.6 is 11.3 Å². The molecule has 3 aromatic rings. The normalized spacial score (nSPS) is 12.4. The summed E-state index contributed by atoms with van der Waals surface area (Å²) in [6, 6.07) is 9.40. The number of carbonyl (C=O) groups is 1. The highest BCUT2D eigenvalue weighted by Crippen LogP contribution is 2.17. The molecule has 1 atom stereocenters. The number of thiophene rings is 1. The van der Waals surface area contributed by atoms with E-state index in [4.69, 9.17) is 0 Å². The number of amides is 1. The molecular weight excluding hydrogens is 286 g/mol. The summed E-state index contributed by atoms with van der Waals surface area (Å²) in [5.41, 5.74) is 2.24. The summed E-state index contributed by atoms with van der Waals surface area (Å²) in [5, 5.41) is 4.93. The smallest absolute Gasteiger partial charge is 0.323 e. The van der Waals surface area contributed by atoms with E-state index in [1.54, 1.807) is 11.3 Å². The van der Waals surface area contributed by atoms with E-state index in [-0.39, 0.29) is 17.6 Å². The Morgan fingerprint density at radius 3 is 2.86 bits per heavy atom. The number of H-pyrrole nitrogens is 2. The van der Waals surface area contributed by atoms with Gasteiger partial charge in [0.1, 0.15) is 0 Å². The summed E-state index contributed by atoms with van der Waals surface area (Å²) in [4.78, 5) is 29.7. The fourth-order valence-corrected chi connectivity index (χ4v) is 2.97. The lowest BCUT2D eigenvalue weighted by atomic mass is 10.1. The van der Waals surface area contributed by atoms with Gasteiger partial charge in [-0.15, -0.1) is 11.3 Å². The average Bonchev–Trinajstić information content (AvgIpc) is 3.05. The minimum Gasteiger partial charge on any atom is -0.349 e. The fourth-order valence-electron chi connectivity index (χ4n) is 2.27. The van der Waals surface area contributed by atoms with Gasteiger partial charge in [-0.25, -0.2) is 4.79 Å². The number of fused-ring (bicyclic) bond motifs is 1. The molecule has 0 unspecified atom stereocenters. The third kappa shape index (κ3) is 3.05. The summed E-state index contributed by atoms with van der Waals surface area (Å²) in [6.45, 7) is 1.93. The van der Waals surface area contributed by atoms with Crippen LogP contribution in [0.2, 0.25) is 0 Å². The second-order valence-corrected chi connectivity index (χ2v) is 5.96. The van der Waals surface area contributed by atoms with Crippen LogP contribution in [0.3, 0.4) is 0 Å². The van der Waals surface area contributed by atoms with Gasteiger partial charge in [-0.05, 0) is 36.1 Å². The SMILES string of the molecule is C[C@@H](NC(=O)Cc1cccs1)c1ccc2[nH]c(=O)[nH]c2c1. The molecule has 3 N–H and O–H groups in total. The van der Waals surface area contributed by atoms with Crippen LogP contribution in [0, 0.1) is 0 Å². The lowest BCUT2D eigenvalue weighted by molar-refractivity contribution is -0.121. The molecule has 0 spiro atoms. The first kappa shape index (κ1) is 13.6. The number of aromatic nitrogens is 2. The van der Waals surface area contributed by atoms with Gasteiger partial charge in [0.15, 0.2) is 0 Å². The predicted molar refractivity (Wildman–Crippen MR) is 83.5 cm³/mol. The summed E-state index contributed by atoms with van der Waals surface area (Å²) >= 11 is 1.57. The topological polar surface area (TPSA) is 77.8 Å². The Balaban J connectivity index is 1.72. The Kier molecular flexibility index (Phi) is 3.62. The molecule has 0 fully saturated rings. The third-order valence-corrected chi connectivity index (χ3v) is 4.21. The maximum atomic E-state index is 12.0. The first-order valence-corrected chi connectivity index (χ1v) is 7.53. The number of nitrogens with one attached hydrogen (secondary N) is 3. The second kappa shape index (κ2) is 5.57. The van der Waals surface area contributed by atoms with Crippen molar-refractivity contribution in [3.05, 3.63) is 56.6 Å². The highest BCUT2D eigenvalue weighted by Gasteiger charge is 2.11. The van der Waals surface area contributed by atoms with Gasteiger partial charge in [-0.1, -0.05) is 12.1 Å². The Morgan fingerprint density at radius 1 is 1.29 bits per heavy atom. The molecule has 0 bridgehead atoms. The molecule has 0 aliphatic rings. The number of imidazole rings is 1. The van der Waals surface area contributed by atoms with Crippen molar-refractivity contribution in [1.82, 2.24) is 15.3 Å². The van der Waals surface area contributed by atoms with E-state index in [0.29, 0.717) is 6.42 Å². The Morgan fingerprint density at radius 2 is 2.10 bits per heavy atom. The van der Waals surface area contributed by atoms with Crippen molar-refractivity contribution >= 4 is 28.3 Å². The van der Waals surface area contributed by atoms with Crippen LogP contribution in [0.4, 0.5) is 0 Å². The fraction of sp³-hybridized carbons (Fsp3) is 0.200. The molecule has 0 aliphatic heterocycles. The van der Waals surface area contributed by atoms with Crippen molar-refractivity contribution in [2.75, 3.05) is 0 Å². The molecule has 2 heterocycles. The molecule has 1 amide bonds. The Labute approximate surface area is 125 Å². The van der Waals surface area contributed by atoms with Crippen molar-refractivity contribution in [3.8, 4) is 0 Å². The van der Waals surface area contributed by atoms with E-state index >= 15 is 0 Å². The van der Waals surface area contributed by atoms with Gasteiger partial charge in [0.05, 0.1) is 23.5 Å². The first-order valence-electron chi connectivity index (χ1n) is 6.65. The maximum Gasteiger partial charge on any atom is 0.323 e. The van der Waals surface area contributed by atoms with Crippen molar-refractivity contribution in [1.29, 1.82) is 0 Å². The molecule has 0 saturated heterocycles. The molecule has 3 rings (SSSR count). The zero-order chi connectivity index (χ0) is 14.8. The highest BCUT2D eigenvalue weighted by atomic mass is 32.1. The molecule has 0 aliphatic carbocycles. The maximum absolute atomic E-state index is 12.0. The quantitative estimate of drug-likeness (QED) is 0.691. The minimum atomic E-state index is -0.225. The third-order valence-electron chi connectivity index (χ3n) is 3.33. The van der Waals surface area contributed by atoms with Gasteiger partial charge in [-0.3, -0.25) is 4.79 Å². The van der Waals surface area contributed by atoms with Gasteiger partial charge >= 0.3 is 5.69 Å². The predicted octanol–water partition coefficient (Wildman–Crippen LogP) is 2.34. The summed E-state index contributed by atoms with van der Waals surface area (Å²) in [7, 11) is 0. The van der Waals surface area contributed by atoms with Crippen molar-refractivity contribution in [2.45, 2.75) is 19.4 Å². The largest absolute Gasteiger partial charge is 0.349 e. The van der Waals surface area contributed by atoms with E-state index in [1.807, 2.05) is 42.6 Å². The van der Waals surface area contributed by atoms with Crippen LogP contribution in [0.1, 0.15) is 23.4 Å². The molecule has 108 valence electrons. The van der Waals surface area contributed by atoms with Crippen LogP contribution in [-0.2, 0) is 11.2 Å². The molecule has 21 heavy (non-hydrogen) atoms. The lowest BCUT2D eigenvalue weighted by Crippen LogP contribution is -2.27. The van der Waals surface area contributed by atoms with Crippen LogP contribution in [-0.4, -0.2) is 15.9 Å². The van der Waals surface area contributed by atoms with Crippen molar-refractivity contribution in [2.24, 2.45) is 0 Å². The van der Waals surface area contributed by atoms with Gasteiger partial charge in [0.2, 0.25) is 5.91 Å². The zero-order valence-corrected chi connectivity index (χ0v) is 12.3. The van der Waals surface area contributed by atoms with E-state index in [2.05, 4.69) is 15.3 Å². The molecule has 2 aromatic heterocycles. The monoisotopic (exact) mass is 301 g/mol. The van der Waals surface area contributed by atoms with E-state index < -0.39 is 0 Å². The number of rotatable bonds is 4. The molecule has 0 saturated carbocycles. The summed E-state index contributed by atoms with van der Waals surface area (Å²) < 4.78 is 0. The number of carbonyl (C=O) groups excluding carboxylic acids is 1. The summed E-state index contributed by atoms with van der Waals surface area (Å²) in [6.07, 6.45) is 0.394. The van der Waals surface area contributed by atoms with Crippen LogP contribution in [0.5, 0.6) is 0 Å². The van der Waals surface area contributed by atoms with Gasteiger partial charge < -0.3 is 15.3 Å². The van der Waals surface area contributed by atoms with E-state index in [9.17, 15) is 9.59 Å². The van der Waals surface area contributed by atoms with E-state index in [0.717, 1.165) is 21.5 Å². The van der Waals surface area contributed by atoms with Crippen LogP contribution in [0.25, 0.3) is 11.0 Å². The molecule has 5 nitrogen and oxygen atoms in total. The number of hydrogen-bond acceptors (Lipinski definition) is 3. The molecular formula is C15H15N3O2S.